The molecule has 3 heterocycles. The smallest absolute Gasteiger partial charge is 0.158 e. The zero-order valence-corrected chi connectivity index (χ0v) is 21.1. The molecule has 34 heavy (non-hydrogen) atoms. The van der Waals surface area contributed by atoms with Crippen molar-refractivity contribution in [1.29, 1.82) is 0 Å². The van der Waals surface area contributed by atoms with Crippen LogP contribution in [0.3, 0.4) is 0 Å². The normalized spacial score (nSPS) is 20.8. The zero-order chi connectivity index (χ0) is 24.1. The summed E-state index contributed by atoms with van der Waals surface area (Å²) in [6.07, 6.45) is 1.94. The Hall–Kier alpha value is -1.97. The van der Waals surface area contributed by atoms with Crippen molar-refractivity contribution in [1.82, 2.24) is 14.9 Å². The van der Waals surface area contributed by atoms with Gasteiger partial charge in [-0.2, -0.15) is 0 Å². The predicted octanol–water partition coefficient (Wildman–Crippen LogP) is 3.22. The Balaban J connectivity index is 1.56. The van der Waals surface area contributed by atoms with Crippen LogP contribution >= 0.6 is 11.6 Å². The summed E-state index contributed by atoms with van der Waals surface area (Å²) in [5, 5.41) is 14.4. The highest BCUT2D eigenvalue weighted by Gasteiger charge is 2.47. The van der Waals surface area contributed by atoms with Gasteiger partial charge in [-0.05, 0) is 44.0 Å². The molecule has 4 rings (SSSR count). The van der Waals surface area contributed by atoms with Crippen molar-refractivity contribution in [2.24, 2.45) is 11.3 Å². The Morgan fingerprint density at radius 3 is 2.74 bits per heavy atom. The molecule has 8 nitrogen and oxygen atoms in total. The Bertz CT molecular complexity index is 954. The third-order valence-corrected chi connectivity index (χ3v) is 7.59. The van der Waals surface area contributed by atoms with Crippen molar-refractivity contribution in [2.75, 3.05) is 70.9 Å². The molecule has 2 N–H and O–H groups in total. The van der Waals surface area contributed by atoms with Crippen LogP contribution in [0.1, 0.15) is 30.3 Å². The summed E-state index contributed by atoms with van der Waals surface area (Å²) in [7, 11) is 5.74. The third kappa shape index (κ3) is 5.47. The molecular weight excluding hydrogens is 454 g/mol. The summed E-state index contributed by atoms with van der Waals surface area (Å²) in [4.78, 5) is 13.9. The number of nitrogens with one attached hydrogen (secondary N) is 1. The maximum atomic E-state index is 10.1. The molecule has 1 aromatic heterocycles. The molecule has 0 aliphatic carbocycles. The van der Waals surface area contributed by atoms with E-state index in [1.54, 1.807) is 7.11 Å². The number of aliphatic hydroxyl groups excluding tert-OH is 1. The molecule has 2 fully saturated rings. The minimum absolute atomic E-state index is 0.0764. The average molecular weight is 490 g/mol. The summed E-state index contributed by atoms with van der Waals surface area (Å²) in [6.45, 7) is 4.30. The van der Waals surface area contributed by atoms with E-state index >= 15 is 0 Å². The first-order valence-corrected chi connectivity index (χ1v) is 12.3. The van der Waals surface area contributed by atoms with Crippen molar-refractivity contribution in [3.63, 3.8) is 0 Å². The maximum Gasteiger partial charge on any atom is 0.158 e. The standard InChI is InChI=1S/C25H36ClN5O3/c1-30(2)21(19-6-4-5-7-20(19)26)13-27-22-12-24(29-23(28-22)16-33-3)31-14-18(15-32)25(17-31)8-10-34-11-9-25/h4-7,12,18,21,32H,8-11,13-17H2,1-3H3,(H,27,28,29). The van der Waals surface area contributed by atoms with Crippen LogP contribution in [-0.4, -0.2) is 80.6 Å². The third-order valence-electron chi connectivity index (χ3n) is 7.24. The van der Waals surface area contributed by atoms with Gasteiger partial charge in [0.1, 0.15) is 18.2 Å². The highest BCUT2D eigenvalue weighted by atomic mass is 35.5. The van der Waals surface area contributed by atoms with Crippen LogP contribution in [0.2, 0.25) is 5.02 Å². The molecule has 0 amide bonds. The van der Waals surface area contributed by atoms with E-state index in [-0.39, 0.29) is 24.0 Å². The predicted molar refractivity (Wildman–Crippen MR) is 134 cm³/mol. The average Bonchev–Trinajstić information content (AvgIpc) is 3.18. The number of rotatable bonds is 9. The first-order chi connectivity index (χ1) is 16.5. The Morgan fingerprint density at radius 2 is 2.06 bits per heavy atom. The summed E-state index contributed by atoms with van der Waals surface area (Å²) < 4.78 is 11.0. The van der Waals surface area contributed by atoms with E-state index in [4.69, 9.17) is 31.0 Å². The summed E-state index contributed by atoms with van der Waals surface area (Å²) in [5.74, 6) is 2.47. The van der Waals surface area contributed by atoms with Crippen LogP contribution < -0.4 is 10.2 Å². The number of anilines is 2. The lowest BCUT2D eigenvalue weighted by atomic mass is 9.72. The van der Waals surface area contributed by atoms with Gasteiger partial charge in [-0.3, -0.25) is 0 Å². The molecule has 0 bridgehead atoms. The SMILES string of the molecule is COCc1nc(NCC(c2ccccc2Cl)N(C)C)cc(N2CC(CO)C3(CCOCC3)C2)n1. The molecule has 186 valence electrons. The molecule has 2 aromatic rings. The zero-order valence-electron chi connectivity index (χ0n) is 20.3. The Morgan fingerprint density at radius 1 is 1.29 bits per heavy atom. The van der Waals surface area contributed by atoms with Crippen LogP contribution in [0.5, 0.6) is 0 Å². The van der Waals surface area contributed by atoms with Crippen LogP contribution in [-0.2, 0) is 16.1 Å². The molecule has 2 saturated heterocycles. The molecule has 0 saturated carbocycles. The number of ether oxygens (including phenoxy) is 2. The highest BCUT2D eigenvalue weighted by Crippen LogP contribution is 2.45. The first-order valence-electron chi connectivity index (χ1n) is 11.9. The van der Waals surface area contributed by atoms with E-state index in [2.05, 4.69) is 21.2 Å². The van der Waals surface area contributed by atoms with Gasteiger partial charge >= 0.3 is 0 Å². The van der Waals surface area contributed by atoms with E-state index in [1.165, 1.54) is 0 Å². The second kappa shape index (κ2) is 11.2. The molecule has 9 heteroatoms. The molecule has 1 spiro atoms. The number of hydrogen-bond acceptors (Lipinski definition) is 8. The summed E-state index contributed by atoms with van der Waals surface area (Å²) in [5.41, 5.74) is 1.15. The number of hydrogen-bond donors (Lipinski definition) is 2. The van der Waals surface area contributed by atoms with Crippen LogP contribution in [0.15, 0.2) is 30.3 Å². The van der Waals surface area contributed by atoms with E-state index < -0.39 is 0 Å². The minimum Gasteiger partial charge on any atom is -0.396 e. The van der Waals surface area contributed by atoms with Crippen molar-refractivity contribution in [3.8, 4) is 0 Å². The van der Waals surface area contributed by atoms with Crippen LogP contribution in [0, 0.1) is 11.3 Å². The lowest BCUT2D eigenvalue weighted by Crippen LogP contribution is -2.38. The number of benzene rings is 1. The summed E-state index contributed by atoms with van der Waals surface area (Å²) >= 11 is 6.49. The fraction of sp³-hybridized carbons (Fsp3) is 0.600. The van der Waals surface area contributed by atoms with Gasteiger partial charge in [0, 0.05) is 63.6 Å². The highest BCUT2D eigenvalue weighted by molar-refractivity contribution is 6.31. The molecule has 1 aromatic carbocycles. The number of likely N-dealkylation sites (N-methyl/N-ethyl adjacent to an activating group) is 1. The molecule has 2 atom stereocenters. The molecule has 0 radical (unpaired) electrons. The number of aliphatic hydroxyl groups is 1. The van der Waals surface area contributed by atoms with Gasteiger partial charge in [-0.1, -0.05) is 29.8 Å². The van der Waals surface area contributed by atoms with Gasteiger partial charge in [-0.15, -0.1) is 0 Å². The van der Waals surface area contributed by atoms with Gasteiger partial charge in [0.15, 0.2) is 5.82 Å². The van der Waals surface area contributed by atoms with Crippen molar-refractivity contribution in [3.05, 3.63) is 46.7 Å². The summed E-state index contributed by atoms with van der Waals surface area (Å²) in [6, 6.07) is 10.0. The number of halogens is 1. The lowest BCUT2D eigenvalue weighted by molar-refractivity contribution is -0.00934. The topological polar surface area (TPSA) is 83.0 Å². The van der Waals surface area contributed by atoms with Crippen LogP contribution in [0.4, 0.5) is 11.6 Å². The van der Waals surface area contributed by atoms with Crippen molar-refractivity contribution in [2.45, 2.75) is 25.5 Å². The Kier molecular flexibility index (Phi) is 8.26. The van der Waals surface area contributed by atoms with Crippen molar-refractivity contribution < 1.29 is 14.6 Å². The molecule has 2 unspecified atom stereocenters. The van der Waals surface area contributed by atoms with E-state index in [9.17, 15) is 5.11 Å². The van der Waals surface area contributed by atoms with E-state index in [1.807, 2.05) is 38.4 Å². The van der Waals surface area contributed by atoms with Gasteiger partial charge in [0.25, 0.3) is 0 Å². The molecule has 2 aliphatic rings. The second-order valence-corrected chi connectivity index (χ2v) is 9.98. The molecule has 2 aliphatic heterocycles. The van der Waals surface area contributed by atoms with Gasteiger partial charge in [0.2, 0.25) is 0 Å². The number of nitrogens with zero attached hydrogens (tertiary/aromatic N) is 4. The fourth-order valence-electron chi connectivity index (χ4n) is 5.25. The minimum atomic E-state index is 0.0764. The Labute approximate surface area is 207 Å². The van der Waals surface area contributed by atoms with E-state index in [0.29, 0.717) is 19.0 Å². The van der Waals surface area contributed by atoms with Crippen LogP contribution in [0.25, 0.3) is 0 Å². The number of aromatic nitrogens is 2. The van der Waals surface area contributed by atoms with E-state index in [0.717, 1.165) is 61.4 Å². The van der Waals surface area contributed by atoms with Gasteiger partial charge in [-0.25, -0.2) is 9.97 Å². The maximum absolute atomic E-state index is 10.1. The van der Waals surface area contributed by atoms with Gasteiger partial charge in [0.05, 0.1) is 6.04 Å². The monoisotopic (exact) mass is 489 g/mol. The largest absolute Gasteiger partial charge is 0.396 e. The fourth-order valence-corrected chi connectivity index (χ4v) is 5.51. The second-order valence-electron chi connectivity index (χ2n) is 9.58. The first kappa shape index (κ1) is 25.1. The van der Waals surface area contributed by atoms with Gasteiger partial charge < -0.3 is 29.7 Å². The lowest BCUT2D eigenvalue weighted by Gasteiger charge is -2.37. The molecular formula is C25H36ClN5O3. The number of methoxy groups -OCH3 is 1. The van der Waals surface area contributed by atoms with Crippen molar-refractivity contribution >= 4 is 23.2 Å². The quantitative estimate of drug-likeness (QED) is 0.555.